The number of imidazole rings is 2. The summed E-state index contributed by atoms with van der Waals surface area (Å²) in [6, 6.07) is 7.17. The van der Waals surface area contributed by atoms with Crippen molar-refractivity contribution in [2.45, 2.75) is 50.0 Å². The zero-order chi connectivity index (χ0) is 26.8. The van der Waals surface area contributed by atoms with E-state index in [1.807, 2.05) is 33.7 Å². The number of aliphatic hydroxyl groups is 1. The normalized spacial score (nSPS) is 23.5. The van der Waals surface area contributed by atoms with Crippen LogP contribution in [0, 0.1) is 0 Å². The first-order chi connectivity index (χ1) is 18.1. The van der Waals surface area contributed by atoms with Crippen molar-refractivity contribution in [2.75, 3.05) is 19.7 Å². The molecule has 1 N–H and O–H groups in total. The van der Waals surface area contributed by atoms with Gasteiger partial charge in [0.25, 0.3) is 5.56 Å². The third-order valence-corrected chi connectivity index (χ3v) is 8.31. The second-order valence-corrected chi connectivity index (χ2v) is 10.8. The quantitative estimate of drug-likeness (QED) is 0.417. The number of aryl methyl sites for hydroxylation is 1. The van der Waals surface area contributed by atoms with Crippen LogP contribution in [0.2, 0.25) is 0 Å². The van der Waals surface area contributed by atoms with Crippen LogP contribution in [0.25, 0.3) is 22.2 Å². The summed E-state index contributed by atoms with van der Waals surface area (Å²) in [6.45, 7) is 3.21. The fraction of sp³-hybridized carbons (Fsp3) is 0.500. The molecular weight excluding hydrogens is 490 g/mol. The maximum atomic E-state index is 13.1. The number of hydrogen-bond acceptors (Lipinski definition) is 7. The molecule has 2 fully saturated rings. The monoisotopic (exact) mass is 521 g/mol. The Morgan fingerprint density at radius 2 is 1.84 bits per heavy atom. The number of ether oxygens (including phenoxy) is 1. The van der Waals surface area contributed by atoms with E-state index in [4.69, 9.17) is 4.74 Å². The number of fused-ring (bicyclic) bond motifs is 2. The van der Waals surface area contributed by atoms with Crippen LogP contribution in [0.5, 0.6) is 0 Å². The number of hydrogen-bond donors (Lipinski definition) is 1. The average Bonchev–Trinajstić information content (AvgIpc) is 3.51. The molecular formula is C26H31N7O5. The van der Waals surface area contributed by atoms with Crippen LogP contribution in [-0.4, -0.2) is 75.0 Å². The number of aromatic nitrogens is 6. The van der Waals surface area contributed by atoms with Crippen molar-refractivity contribution in [1.82, 2.24) is 33.1 Å². The van der Waals surface area contributed by atoms with Gasteiger partial charge >= 0.3 is 5.69 Å². The van der Waals surface area contributed by atoms with Gasteiger partial charge in [0.15, 0.2) is 11.2 Å². The Kier molecular flexibility index (Phi) is 5.58. The molecule has 4 aromatic rings. The highest BCUT2D eigenvalue weighted by molar-refractivity contribution is 5.80. The van der Waals surface area contributed by atoms with E-state index in [1.54, 1.807) is 24.9 Å². The lowest BCUT2D eigenvalue weighted by Crippen LogP contribution is -2.58. The topological polar surface area (TPSA) is 129 Å². The molecule has 200 valence electrons. The third kappa shape index (κ3) is 3.78. The maximum Gasteiger partial charge on any atom is 0.332 e. The third-order valence-electron chi connectivity index (χ3n) is 8.31. The highest BCUT2D eigenvalue weighted by Crippen LogP contribution is 2.44. The van der Waals surface area contributed by atoms with Gasteiger partial charge in [0.2, 0.25) is 5.91 Å². The van der Waals surface area contributed by atoms with Gasteiger partial charge in [-0.2, -0.15) is 0 Å². The molecule has 12 nitrogen and oxygen atoms in total. The summed E-state index contributed by atoms with van der Waals surface area (Å²) in [5.74, 6) is 0.0230. The molecule has 12 heteroatoms. The average molecular weight is 522 g/mol. The number of para-hydroxylation sites is 2. The number of carbonyl (C=O) groups excluding carboxylic acids is 1. The van der Waals surface area contributed by atoms with Crippen molar-refractivity contribution in [3.63, 3.8) is 0 Å². The molecule has 0 radical (unpaired) electrons. The van der Waals surface area contributed by atoms with Gasteiger partial charge in [-0.1, -0.05) is 12.1 Å². The van der Waals surface area contributed by atoms with E-state index in [9.17, 15) is 19.5 Å². The summed E-state index contributed by atoms with van der Waals surface area (Å²) in [4.78, 5) is 48.8. The van der Waals surface area contributed by atoms with Gasteiger partial charge in [-0.05, 0) is 31.9 Å². The number of benzene rings is 1. The first kappa shape index (κ1) is 24.6. The van der Waals surface area contributed by atoms with Crippen molar-refractivity contribution in [1.29, 1.82) is 0 Å². The highest BCUT2D eigenvalue weighted by atomic mass is 16.5. The Hall–Kier alpha value is -3.77. The van der Waals surface area contributed by atoms with Gasteiger partial charge in [-0.15, -0.1) is 0 Å². The molecule has 0 bridgehead atoms. The molecule has 3 aromatic heterocycles. The molecule has 6 rings (SSSR count). The van der Waals surface area contributed by atoms with Crippen LogP contribution in [0.15, 0.2) is 46.5 Å². The van der Waals surface area contributed by atoms with Crippen molar-refractivity contribution in [3.8, 4) is 0 Å². The predicted octanol–water partition coefficient (Wildman–Crippen LogP) is 0.557. The maximum absolute atomic E-state index is 13.1. The lowest BCUT2D eigenvalue weighted by atomic mass is 9.75. The Labute approximate surface area is 217 Å². The Bertz CT molecular complexity index is 1670. The summed E-state index contributed by atoms with van der Waals surface area (Å²) in [7, 11) is 2.99. The molecule has 0 aliphatic carbocycles. The summed E-state index contributed by atoms with van der Waals surface area (Å²) < 4.78 is 12.3. The summed E-state index contributed by atoms with van der Waals surface area (Å²) in [5.41, 5.74) is -0.376. The smallest absolute Gasteiger partial charge is 0.332 e. The fourth-order valence-electron chi connectivity index (χ4n) is 6.10. The van der Waals surface area contributed by atoms with E-state index < -0.39 is 28.5 Å². The second kappa shape index (κ2) is 8.63. The fourth-order valence-corrected chi connectivity index (χ4v) is 6.10. The molecule has 0 saturated carbocycles. The van der Waals surface area contributed by atoms with Crippen molar-refractivity contribution < 1.29 is 14.6 Å². The predicted molar refractivity (Wildman–Crippen MR) is 139 cm³/mol. The number of nitrogens with zero attached hydrogens (tertiary/aromatic N) is 7. The molecule has 38 heavy (non-hydrogen) atoms. The molecule has 1 aromatic carbocycles. The van der Waals surface area contributed by atoms with E-state index >= 15 is 0 Å². The van der Waals surface area contributed by atoms with Gasteiger partial charge in [-0.25, -0.2) is 14.8 Å². The Balaban J connectivity index is 1.17. The number of rotatable bonds is 3. The lowest BCUT2D eigenvalue weighted by Gasteiger charge is -2.51. The van der Waals surface area contributed by atoms with Crippen molar-refractivity contribution in [2.24, 2.45) is 14.1 Å². The molecule has 1 spiro atoms. The lowest BCUT2D eigenvalue weighted by molar-refractivity contribution is -0.197. The SMILES string of the molecule is Cn1c(=O)c2c(ncn2[C@@H]2COC3(CCN(C(=O)Cn4cnc5ccccc54)CC3)C[C@@]2(C)O)n(C)c1=O. The Morgan fingerprint density at radius 1 is 1.11 bits per heavy atom. The van der Waals surface area contributed by atoms with Gasteiger partial charge in [-0.3, -0.25) is 18.7 Å². The van der Waals surface area contributed by atoms with Gasteiger partial charge in [0, 0.05) is 33.6 Å². The molecule has 2 aliphatic rings. The van der Waals surface area contributed by atoms with Crippen LogP contribution < -0.4 is 11.2 Å². The zero-order valence-electron chi connectivity index (χ0n) is 21.7. The van der Waals surface area contributed by atoms with Crippen LogP contribution in [0.4, 0.5) is 0 Å². The van der Waals surface area contributed by atoms with Gasteiger partial charge in [0.05, 0.1) is 47.5 Å². The number of likely N-dealkylation sites (tertiary alicyclic amines) is 1. The van der Waals surface area contributed by atoms with Crippen molar-refractivity contribution >= 4 is 28.1 Å². The summed E-state index contributed by atoms with van der Waals surface area (Å²) in [5, 5.41) is 11.6. The van der Waals surface area contributed by atoms with E-state index in [0.717, 1.165) is 15.6 Å². The summed E-state index contributed by atoms with van der Waals surface area (Å²) in [6.07, 6.45) is 4.75. The summed E-state index contributed by atoms with van der Waals surface area (Å²) >= 11 is 0. The molecule has 1 amide bonds. The largest absolute Gasteiger partial charge is 0.388 e. The Morgan fingerprint density at radius 3 is 2.58 bits per heavy atom. The van der Waals surface area contributed by atoms with Gasteiger partial charge < -0.3 is 23.9 Å². The van der Waals surface area contributed by atoms with E-state index in [2.05, 4.69) is 9.97 Å². The minimum atomic E-state index is -1.20. The molecule has 2 atom stereocenters. The number of carbonyl (C=O) groups is 1. The van der Waals surface area contributed by atoms with E-state index in [0.29, 0.717) is 32.4 Å². The highest BCUT2D eigenvalue weighted by Gasteiger charge is 2.50. The minimum Gasteiger partial charge on any atom is -0.388 e. The van der Waals surface area contributed by atoms with E-state index in [-0.39, 0.29) is 30.2 Å². The molecule has 0 unspecified atom stereocenters. The number of amides is 1. The molecule has 2 aliphatic heterocycles. The van der Waals surface area contributed by atoms with E-state index in [1.165, 1.54) is 17.9 Å². The van der Waals surface area contributed by atoms with Crippen LogP contribution >= 0.6 is 0 Å². The molecule has 2 saturated heterocycles. The first-order valence-corrected chi connectivity index (χ1v) is 12.8. The number of piperidine rings is 1. The second-order valence-electron chi connectivity index (χ2n) is 10.8. The van der Waals surface area contributed by atoms with Crippen LogP contribution in [0.3, 0.4) is 0 Å². The van der Waals surface area contributed by atoms with Gasteiger partial charge in [0.1, 0.15) is 6.54 Å². The molecule has 5 heterocycles. The minimum absolute atomic E-state index is 0.0230. The van der Waals surface area contributed by atoms with Crippen molar-refractivity contribution in [3.05, 3.63) is 57.8 Å². The van der Waals surface area contributed by atoms with Crippen LogP contribution in [-0.2, 0) is 30.2 Å². The zero-order valence-corrected chi connectivity index (χ0v) is 21.7. The first-order valence-electron chi connectivity index (χ1n) is 12.8. The van der Waals surface area contributed by atoms with Crippen LogP contribution in [0.1, 0.15) is 32.2 Å². The standard InChI is InChI=1S/C26H31N7O5/c1-25(37)14-26(38-13-19(25)33-16-28-22-21(33)23(35)30(3)24(36)29(22)2)8-10-31(11-9-26)20(34)12-32-15-27-17-6-4-5-7-18(17)32/h4-7,15-16,19,37H,8-14H2,1-3H3/t19-,25-/m1/s1.